The summed E-state index contributed by atoms with van der Waals surface area (Å²) in [6, 6.07) is 5.82. The third-order valence-corrected chi connectivity index (χ3v) is 2.14. The maximum atomic E-state index is 11.3. The summed E-state index contributed by atoms with van der Waals surface area (Å²) in [4.78, 5) is 11.3. The van der Waals surface area contributed by atoms with Crippen molar-refractivity contribution in [2.75, 3.05) is 7.11 Å². The molecule has 0 spiro atoms. The van der Waals surface area contributed by atoms with Gasteiger partial charge in [-0.3, -0.25) is 4.79 Å². The van der Waals surface area contributed by atoms with Crippen LogP contribution in [0.3, 0.4) is 0 Å². The lowest BCUT2D eigenvalue weighted by Gasteiger charge is -2.14. The molecule has 1 rings (SSSR count). The normalized spacial score (nSPS) is 10.3. The number of benzene rings is 1. The summed E-state index contributed by atoms with van der Waals surface area (Å²) in [6.45, 7) is 5.91. The van der Waals surface area contributed by atoms with E-state index < -0.39 is 0 Å². The van der Waals surface area contributed by atoms with Gasteiger partial charge in [0.05, 0.1) is 19.6 Å². The first-order valence-corrected chi connectivity index (χ1v) is 5.36. The summed E-state index contributed by atoms with van der Waals surface area (Å²) in [5.74, 6) is 0.505. The van der Waals surface area contributed by atoms with Gasteiger partial charge < -0.3 is 9.47 Å². The maximum Gasteiger partial charge on any atom is 0.310 e. The summed E-state index contributed by atoms with van der Waals surface area (Å²) in [5, 5.41) is 0. The van der Waals surface area contributed by atoms with Crippen LogP contribution in [0.15, 0.2) is 18.2 Å². The van der Waals surface area contributed by atoms with Crippen LogP contribution in [0.1, 0.15) is 25.0 Å². The van der Waals surface area contributed by atoms with Gasteiger partial charge in [-0.15, -0.1) is 0 Å². The van der Waals surface area contributed by atoms with Gasteiger partial charge in [0.2, 0.25) is 0 Å². The molecule has 0 radical (unpaired) electrons. The van der Waals surface area contributed by atoms with Crippen molar-refractivity contribution in [2.24, 2.45) is 0 Å². The van der Waals surface area contributed by atoms with Gasteiger partial charge in [0.25, 0.3) is 0 Å². The van der Waals surface area contributed by atoms with E-state index in [-0.39, 0.29) is 18.5 Å². The predicted octanol–water partition coefficient (Wildman–Crippen LogP) is 2.50. The lowest BCUT2D eigenvalue weighted by atomic mass is 10.1. The number of ether oxygens (including phenoxy) is 2. The number of hydrogen-bond acceptors (Lipinski definition) is 3. The second kappa shape index (κ2) is 5.54. The largest absolute Gasteiger partial charge is 0.491 e. The van der Waals surface area contributed by atoms with Gasteiger partial charge in [0.15, 0.2) is 0 Å². The van der Waals surface area contributed by atoms with Crippen molar-refractivity contribution < 1.29 is 14.3 Å². The van der Waals surface area contributed by atoms with Crippen LogP contribution >= 0.6 is 0 Å². The number of aryl methyl sites for hydroxylation is 1. The van der Waals surface area contributed by atoms with Gasteiger partial charge in [0.1, 0.15) is 5.75 Å². The van der Waals surface area contributed by atoms with Crippen LogP contribution in [0, 0.1) is 6.92 Å². The highest BCUT2D eigenvalue weighted by Gasteiger charge is 2.10. The smallest absolute Gasteiger partial charge is 0.310 e. The Morgan fingerprint density at radius 2 is 2.06 bits per heavy atom. The van der Waals surface area contributed by atoms with Crippen molar-refractivity contribution in [1.82, 2.24) is 0 Å². The van der Waals surface area contributed by atoms with Crippen LogP contribution in [-0.2, 0) is 16.0 Å². The molecule has 0 saturated heterocycles. The van der Waals surface area contributed by atoms with Crippen LogP contribution in [0.25, 0.3) is 0 Å². The minimum absolute atomic E-state index is 0.0964. The molecule has 1 aromatic rings. The van der Waals surface area contributed by atoms with Crippen molar-refractivity contribution in [3.05, 3.63) is 29.3 Å². The molecule has 16 heavy (non-hydrogen) atoms. The highest BCUT2D eigenvalue weighted by Crippen LogP contribution is 2.22. The molecule has 88 valence electrons. The Morgan fingerprint density at radius 3 is 2.62 bits per heavy atom. The molecule has 0 aliphatic heterocycles. The fourth-order valence-corrected chi connectivity index (χ4v) is 1.44. The van der Waals surface area contributed by atoms with Crippen molar-refractivity contribution in [3.63, 3.8) is 0 Å². The first-order chi connectivity index (χ1) is 7.52. The van der Waals surface area contributed by atoms with Crippen molar-refractivity contribution in [3.8, 4) is 5.75 Å². The summed E-state index contributed by atoms with van der Waals surface area (Å²) in [6.07, 6.45) is 0.347. The molecular formula is C13H18O3. The number of carbonyl (C=O) groups excluding carboxylic acids is 1. The second-order valence-electron chi connectivity index (χ2n) is 4.03. The summed E-state index contributed by atoms with van der Waals surface area (Å²) < 4.78 is 10.3. The van der Waals surface area contributed by atoms with E-state index in [0.29, 0.717) is 0 Å². The van der Waals surface area contributed by atoms with Crippen LogP contribution in [0.2, 0.25) is 0 Å². The minimum Gasteiger partial charge on any atom is -0.491 e. The second-order valence-corrected chi connectivity index (χ2v) is 4.03. The van der Waals surface area contributed by atoms with Gasteiger partial charge >= 0.3 is 5.97 Å². The van der Waals surface area contributed by atoms with E-state index in [4.69, 9.17) is 4.74 Å². The van der Waals surface area contributed by atoms with Crippen LogP contribution in [0.4, 0.5) is 0 Å². The minimum atomic E-state index is -0.251. The lowest BCUT2D eigenvalue weighted by Crippen LogP contribution is -2.11. The number of esters is 1. The van der Waals surface area contributed by atoms with Crippen LogP contribution in [-0.4, -0.2) is 19.2 Å². The Balaban J connectivity index is 2.93. The zero-order chi connectivity index (χ0) is 12.1. The van der Waals surface area contributed by atoms with E-state index in [1.165, 1.54) is 7.11 Å². The van der Waals surface area contributed by atoms with E-state index in [0.717, 1.165) is 16.9 Å². The summed E-state index contributed by atoms with van der Waals surface area (Å²) in [7, 11) is 1.39. The Hall–Kier alpha value is -1.51. The highest BCUT2D eigenvalue weighted by atomic mass is 16.5. The first kappa shape index (κ1) is 12.6. The zero-order valence-electron chi connectivity index (χ0n) is 10.2. The molecule has 0 saturated carbocycles. The third kappa shape index (κ3) is 3.57. The third-order valence-electron chi connectivity index (χ3n) is 2.14. The molecular weight excluding hydrogens is 204 g/mol. The SMILES string of the molecule is COC(=O)Cc1cc(C)ccc1OC(C)C. The molecule has 3 heteroatoms. The van der Waals surface area contributed by atoms with Gasteiger partial charge in [-0.05, 0) is 26.8 Å². The van der Waals surface area contributed by atoms with Gasteiger partial charge in [-0.2, -0.15) is 0 Å². The standard InChI is InChI=1S/C13H18O3/c1-9(2)16-12-6-5-10(3)7-11(12)8-13(14)15-4/h5-7,9H,8H2,1-4H3. The molecule has 0 N–H and O–H groups in total. The Kier molecular flexibility index (Phi) is 4.35. The van der Waals surface area contributed by atoms with E-state index in [1.54, 1.807) is 0 Å². The Labute approximate surface area is 96.4 Å². The molecule has 0 amide bonds. The molecule has 0 bridgehead atoms. The molecule has 0 aliphatic rings. The van der Waals surface area contributed by atoms with Crippen molar-refractivity contribution in [2.45, 2.75) is 33.3 Å². The number of methoxy groups -OCH3 is 1. The van der Waals surface area contributed by atoms with Gasteiger partial charge in [-0.25, -0.2) is 0 Å². The van der Waals surface area contributed by atoms with Crippen LogP contribution in [0.5, 0.6) is 5.75 Å². The Morgan fingerprint density at radius 1 is 1.38 bits per heavy atom. The van der Waals surface area contributed by atoms with E-state index in [2.05, 4.69) is 4.74 Å². The predicted molar refractivity (Wildman–Crippen MR) is 62.7 cm³/mol. The topological polar surface area (TPSA) is 35.5 Å². The van der Waals surface area contributed by atoms with Gasteiger partial charge in [0, 0.05) is 5.56 Å². The summed E-state index contributed by atoms with van der Waals surface area (Å²) in [5.41, 5.74) is 1.98. The van der Waals surface area contributed by atoms with E-state index in [1.807, 2.05) is 39.0 Å². The van der Waals surface area contributed by atoms with Gasteiger partial charge in [-0.1, -0.05) is 17.7 Å². The van der Waals surface area contributed by atoms with Crippen molar-refractivity contribution >= 4 is 5.97 Å². The van der Waals surface area contributed by atoms with Crippen molar-refractivity contribution in [1.29, 1.82) is 0 Å². The quantitative estimate of drug-likeness (QED) is 0.734. The fourth-order valence-electron chi connectivity index (χ4n) is 1.44. The average Bonchev–Trinajstić information content (AvgIpc) is 2.21. The average molecular weight is 222 g/mol. The van der Waals surface area contributed by atoms with E-state index in [9.17, 15) is 4.79 Å². The maximum absolute atomic E-state index is 11.3. The van der Waals surface area contributed by atoms with Crippen LogP contribution < -0.4 is 4.74 Å². The number of hydrogen-bond donors (Lipinski definition) is 0. The molecule has 0 heterocycles. The highest BCUT2D eigenvalue weighted by molar-refractivity contribution is 5.73. The van der Waals surface area contributed by atoms with E-state index >= 15 is 0 Å². The molecule has 3 nitrogen and oxygen atoms in total. The number of rotatable bonds is 4. The molecule has 1 aromatic carbocycles. The zero-order valence-corrected chi connectivity index (χ0v) is 10.2. The Bertz CT molecular complexity index is 369. The fraction of sp³-hybridized carbons (Fsp3) is 0.462. The lowest BCUT2D eigenvalue weighted by molar-refractivity contribution is -0.139. The molecule has 0 unspecified atom stereocenters. The molecule has 0 fully saturated rings. The summed E-state index contributed by atoms with van der Waals surface area (Å²) >= 11 is 0. The first-order valence-electron chi connectivity index (χ1n) is 5.36. The molecule has 0 aromatic heterocycles. The number of carbonyl (C=O) groups is 1. The monoisotopic (exact) mass is 222 g/mol. The molecule has 0 atom stereocenters. The molecule has 0 aliphatic carbocycles.